The maximum Gasteiger partial charge on any atom is 0.341 e. The number of carbonyl (C=O) groups is 1. The summed E-state index contributed by atoms with van der Waals surface area (Å²) in [4.78, 5) is 12.5. The van der Waals surface area contributed by atoms with Crippen LogP contribution in [0.5, 0.6) is 0 Å². The maximum atomic E-state index is 14.7. The summed E-state index contributed by atoms with van der Waals surface area (Å²) < 4.78 is 20.4. The fourth-order valence-electron chi connectivity index (χ4n) is 4.16. The van der Waals surface area contributed by atoms with Crippen molar-refractivity contribution in [2.75, 3.05) is 0 Å². The molecular weight excluding hydrogens is 339 g/mol. The number of hydrogen-bond donors (Lipinski definition) is 0. The van der Waals surface area contributed by atoms with Crippen LogP contribution in [0.25, 0.3) is 0 Å². The molecule has 1 aromatic rings. The highest BCUT2D eigenvalue weighted by molar-refractivity contribution is 5.90. The second-order valence-corrected chi connectivity index (χ2v) is 8.21. The Balaban J connectivity index is 1.86. The van der Waals surface area contributed by atoms with Gasteiger partial charge in [0.05, 0.1) is 5.56 Å². The fraction of sp³-hybridized carbons (Fsp3) is 0.708. The number of ether oxygens (including phenoxy) is 1. The molecule has 3 heteroatoms. The van der Waals surface area contributed by atoms with Crippen LogP contribution in [0, 0.1) is 18.7 Å². The molecule has 1 fully saturated rings. The normalized spacial score (nSPS) is 19.9. The maximum absolute atomic E-state index is 14.7. The van der Waals surface area contributed by atoms with E-state index in [4.69, 9.17) is 4.74 Å². The molecule has 2 rings (SSSR count). The van der Waals surface area contributed by atoms with E-state index < -0.39 is 11.8 Å². The molecule has 0 atom stereocenters. The van der Waals surface area contributed by atoms with E-state index in [1.54, 1.807) is 13.0 Å². The van der Waals surface area contributed by atoms with Crippen LogP contribution >= 0.6 is 0 Å². The summed E-state index contributed by atoms with van der Waals surface area (Å²) in [7, 11) is 0. The lowest BCUT2D eigenvalue weighted by Crippen LogP contribution is -2.25. The highest BCUT2D eigenvalue weighted by Gasteiger charge is 2.25. The zero-order valence-corrected chi connectivity index (χ0v) is 17.5. The summed E-state index contributed by atoms with van der Waals surface area (Å²) in [6.45, 7) is 6.16. The second-order valence-electron chi connectivity index (χ2n) is 8.21. The second kappa shape index (κ2) is 11.5. The molecule has 1 aliphatic carbocycles. The van der Waals surface area contributed by atoms with Gasteiger partial charge < -0.3 is 4.74 Å². The molecule has 27 heavy (non-hydrogen) atoms. The van der Waals surface area contributed by atoms with Gasteiger partial charge in [0.15, 0.2) is 0 Å². The Morgan fingerprint density at radius 2 is 1.70 bits per heavy atom. The number of hydrogen-bond acceptors (Lipinski definition) is 2. The van der Waals surface area contributed by atoms with Crippen molar-refractivity contribution in [2.45, 2.75) is 104 Å². The van der Waals surface area contributed by atoms with Crippen LogP contribution in [0.3, 0.4) is 0 Å². The monoisotopic (exact) mass is 376 g/mol. The minimum absolute atomic E-state index is 0.0520. The van der Waals surface area contributed by atoms with Crippen LogP contribution < -0.4 is 0 Å². The van der Waals surface area contributed by atoms with Crippen LogP contribution in [0.1, 0.15) is 106 Å². The van der Waals surface area contributed by atoms with Crippen molar-refractivity contribution in [2.24, 2.45) is 5.92 Å². The Labute approximate surface area is 164 Å². The molecule has 1 saturated carbocycles. The van der Waals surface area contributed by atoms with Gasteiger partial charge in [-0.05, 0) is 68.6 Å². The van der Waals surface area contributed by atoms with E-state index in [9.17, 15) is 9.18 Å². The number of esters is 1. The molecule has 0 radical (unpaired) electrons. The molecule has 0 heterocycles. The van der Waals surface area contributed by atoms with Gasteiger partial charge in [-0.1, -0.05) is 58.4 Å². The lowest BCUT2D eigenvalue weighted by atomic mass is 9.84. The van der Waals surface area contributed by atoms with Gasteiger partial charge >= 0.3 is 5.97 Å². The molecule has 1 aromatic carbocycles. The van der Waals surface area contributed by atoms with E-state index in [1.807, 2.05) is 6.07 Å². The van der Waals surface area contributed by atoms with Gasteiger partial charge in [0.1, 0.15) is 11.9 Å². The van der Waals surface area contributed by atoms with E-state index in [-0.39, 0.29) is 11.7 Å². The van der Waals surface area contributed by atoms with Crippen LogP contribution in [0.2, 0.25) is 0 Å². The number of halogens is 1. The average Bonchev–Trinajstić information content (AvgIpc) is 2.67. The Hall–Kier alpha value is -1.38. The number of rotatable bonds is 10. The van der Waals surface area contributed by atoms with Crippen molar-refractivity contribution in [1.82, 2.24) is 0 Å². The molecule has 152 valence electrons. The summed E-state index contributed by atoms with van der Waals surface area (Å²) in [5.74, 6) is -0.125. The SMILES string of the molecule is CCCCCc1ccc(C(=O)OC2CCC(CCCCC)CC2)c(F)c1C. The average molecular weight is 377 g/mol. The molecule has 0 spiro atoms. The first-order valence-corrected chi connectivity index (χ1v) is 11.1. The van der Waals surface area contributed by atoms with Gasteiger partial charge in [0, 0.05) is 0 Å². The first-order chi connectivity index (χ1) is 13.1. The van der Waals surface area contributed by atoms with E-state index in [2.05, 4.69) is 13.8 Å². The molecule has 0 aromatic heterocycles. The molecule has 1 aliphatic rings. The van der Waals surface area contributed by atoms with Crippen molar-refractivity contribution < 1.29 is 13.9 Å². The zero-order valence-electron chi connectivity index (χ0n) is 17.5. The van der Waals surface area contributed by atoms with Crippen molar-refractivity contribution in [3.63, 3.8) is 0 Å². The quantitative estimate of drug-likeness (QED) is 0.320. The molecule has 0 unspecified atom stereocenters. The third-order valence-corrected chi connectivity index (χ3v) is 6.05. The number of benzene rings is 1. The summed E-state index contributed by atoms with van der Waals surface area (Å²) in [5, 5.41) is 0. The predicted octanol–water partition coefficient (Wildman–Crippen LogP) is 7.16. The van der Waals surface area contributed by atoms with Gasteiger partial charge in [-0.15, -0.1) is 0 Å². The minimum Gasteiger partial charge on any atom is -0.459 e. The third kappa shape index (κ3) is 6.62. The Bertz CT molecular complexity index is 588. The third-order valence-electron chi connectivity index (χ3n) is 6.05. The molecule has 0 bridgehead atoms. The van der Waals surface area contributed by atoms with Gasteiger partial charge in [-0.3, -0.25) is 0 Å². The van der Waals surface area contributed by atoms with Crippen LogP contribution in [-0.2, 0) is 11.2 Å². The van der Waals surface area contributed by atoms with Gasteiger partial charge in [0.25, 0.3) is 0 Å². The first kappa shape index (κ1) is 21.9. The van der Waals surface area contributed by atoms with Crippen molar-refractivity contribution in [3.05, 3.63) is 34.6 Å². The summed E-state index contributed by atoms with van der Waals surface area (Å²) in [5.41, 5.74) is 1.70. The number of carbonyl (C=O) groups excluding carboxylic acids is 1. The molecular formula is C24H37FO2. The van der Waals surface area contributed by atoms with E-state index in [0.29, 0.717) is 5.56 Å². The zero-order chi connectivity index (χ0) is 19.6. The number of unbranched alkanes of at least 4 members (excludes halogenated alkanes) is 4. The molecule has 0 N–H and O–H groups in total. The van der Waals surface area contributed by atoms with Crippen molar-refractivity contribution in [3.8, 4) is 0 Å². The smallest absolute Gasteiger partial charge is 0.341 e. The Morgan fingerprint density at radius 3 is 2.37 bits per heavy atom. The standard InChI is InChI=1S/C24H37FO2/c1-4-6-8-10-19-12-15-21(16-13-19)27-24(26)22-17-14-20(11-9-7-5-2)18(3)23(22)25/h14,17,19,21H,4-13,15-16H2,1-3H3. The topological polar surface area (TPSA) is 26.3 Å². The molecule has 0 saturated heterocycles. The Morgan fingerprint density at radius 1 is 1.04 bits per heavy atom. The van der Waals surface area contributed by atoms with Gasteiger partial charge in [-0.25, -0.2) is 9.18 Å². The molecule has 2 nitrogen and oxygen atoms in total. The summed E-state index contributed by atoms with van der Waals surface area (Å²) >= 11 is 0. The van der Waals surface area contributed by atoms with Gasteiger partial charge in [0.2, 0.25) is 0 Å². The van der Waals surface area contributed by atoms with E-state index >= 15 is 0 Å². The lowest BCUT2D eigenvalue weighted by molar-refractivity contribution is 0.0156. The highest BCUT2D eigenvalue weighted by Crippen LogP contribution is 2.31. The van der Waals surface area contributed by atoms with Gasteiger partial charge in [-0.2, -0.15) is 0 Å². The Kier molecular flexibility index (Phi) is 9.30. The summed E-state index contributed by atoms with van der Waals surface area (Å²) in [6, 6.07) is 3.51. The van der Waals surface area contributed by atoms with E-state index in [1.165, 1.54) is 25.7 Å². The minimum atomic E-state index is -0.495. The molecule has 0 amide bonds. The van der Waals surface area contributed by atoms with Crippen LogP contribution in [0.4, 0.5) is 4.39 Å². The lowest BCUT2D eigenvalue weighted by Gasteiger charge is -2.28. The summed E-state index contributed by atoms with van der Waals surface area (Å²) in [6.07, 6.45) is 13.4. The number of aryl methyl sites for hydroxylation is 1. The first-order valence-electron chi connectivity index (χ1n) is 11.1. The van der Waals surface area contributed by atoms with Crippen molar-refractivity contribution >= 4 is 5.97 Å². The van der Waals surface area contributed by atoms with Crippen molar-refractivity contribution in [1.29, 1.82) is 0 Å². The van der Waals surface area contributed by atoms with E-state index in [0.717, 1.165) is 62.8 Å². The van der Waals surface area contributed by atoms with Crippen LogP contribution in [-0.4, -0.2) is 12.1 Å². The predicted molar refractivity (Wildman–Crippen MR) is 110 cm³/mol. The molecule has 0 aliphatic heterocycles. The van der Waals surface area contributed by atoms with Crippen LogP contribution in [0.15, 0.2) is 12.1 Å². The largest absolute Gasteiger partial charge is 0.459 e. The highest BCUT2D eigenvalue weighted by atomic mass is 19.1. The fourth-order valence-corrected chi connectivity index (χ4v) is 4.16.